The zero-order valence-electron chi connectivity index (χ0n) is 14.2. The van der Waals surface area contributed by atoms with Crippen molar-refractivity contribution in [1.82, 2.24) is 9.97 Å². The predicted molar refractivity (Wildman–Crippen MR) is 96.9 cm³/mol. The third-order valence-corrected chi connectivity index (χ3v) is 3.75. The number of aromatic nitrogens is 2. The van der Waals surface area contributed by atoms with Gasteiger partial charge >= 0.3 is 0 Å². The van der Waals surface area contributed by atoms with Crippen molar-refractivity contribution in [3.8, 4) is 5.75 Å². The van der Waals surface area contributed by atoms with Crippen LogP contribution in [0.2, 0.25) is 0 Å². The van der Waals surface area contributed by atoms with Crippen LogP contribution in [-0.4, -0.2) is 23.6 Å². The molecule has 0 aliphatic carbocycles. The Morgan fingerprint density at radius 1 is 1.00 bits per heavy atom. The van der Waals surface area contributed by atoms with E-state index in [-0.39, 0.29) is 5.69 Å². The Kier molecular flexibility index (Phi) is 5.58. The largest absolute Gasteiger partial charge is 0.496 e. The second-order valence-electron chi connectivity index (χ2n) is 5.53. The zero-order valence-corrected chi connectivity index (χ0v) is 14.2. The molecule has 134 valence electrons. The molecule has 0 bridgehead atoms. The lowest BCUT2D eigenvalue weighted by Crippen LogP contribution is -2.08. The van der Waals surface area contributed by atoms with Crippen LogP contribution in [0.25, 0.3) is 0 Å². The molecular weight excluding hydrogens is 338 g/mol. The van der Waals surface area contributed by atoms with Gasteiger partial charge in [-0.05, 0) is 30.2 Å². The van der Waals surface area contributed by atoms with Crippen LogP contribution in [0.1, 0.15) is 5.56 Å². The molecule has 2 N–H and O–H groups in total. The van der Waals surface area contributed by atoms with Crippen molar-refractivity contribution in [1.29, 1.82) is 0 Å². The molecule has 3 rings (SSSR count). The van der Waals surface area contributed by atoms with E-state index >= 15 is 0 Å². The van der Waals surface area contributed by atoms with E-state index in [1.54, 1.807) is 13.2 Å². The normalized spacial score (nSPS) is 10.4. The molecule has 0 spiro atoms. The molecule has 0 aliphatic rings. The first-order chi connectivity index (χ1) is 12.7. The molecule has 0 unspecified atom stereocenters. The third-order valence-electron chi connectivity index (χ3n) is 3.75. The lowest BCUT2D eigenvalue weighted by atomic mass is 10.1. The first kappa shape index (κ1) is 17.6. The van der Waals surface area contributed by atoms with Crippen molar-refractivity contribution in [3.63, 3.8) is 0 Å². The minimum atomic E-state index is -0.686. The summed E-state index contributed by atoms with van der Waals surface area (Å²) in [5, 5.41) is 6.01. The molecular formula is C19H18F2N4O. The molecule has 7 heteroatoms. The number of ether oxygens (including phenoxy) is 1. The van der Waals surface area contributed by atoms with Gasteiger partial charge in [-0.25, -0.2) is 18.7 Å². The van der Waals surface area contributed by atoms with Gasteiger partial charge in [0, 0.05) is 18.7 Å². The SMILES string of the molecule is COc1ccccc1CCNc1cc(Nc2ccc(F)cc2F)ncn1. The van der Waals surface area contributed by atoms with Crippen LogP contribution in [-0.2, 0) is 6.42 Å². The van der Waals surface area contributed by atoms with Crippen molar-refractivity contribution < 1.29 is 13.5 Å². The summed E-state index contributed by atoms with van der Waals surface area (Å²) in [6.07, 6.45) is 2.12. The average Bonchev–Trinajstić information content (AvgIpc) is 2.65. The highest BCUT2D eigenvalue weighted by Crippen LogP contribution is 2.21. The van der Waals surface area contributed by atoms with Crippen LogP contribution in [0.4, 0.5) is 26.1 Å². The highest BCUT2D eigenvalue weighted by atomic mass is 19.1. The van der Waals surface area contributed by atoms with Gasteiger partial charge in [0.15, 0.2) is 0 Å². The highest BCUT2D eigenvalue weighted by Gasteiger charge is 2.06. The van der Waals surface area contributed by atoms with Gasteiger partial charge in [0.05, 0.1) is 12.8 Å². The maximum absolute atomic E-state index is 13.7. The van der Waals surface area contributed by atoms with E-state index in [1.807, 2.05) is 24.3 Å². The van der Waals surface area contributed by atoms with Crippen molar-refractivity contribution in [2.45, 2.75) is 6.42 Å². The summed E-state index contributed by atoms with van der Waals surface area (Å²) in [7, 11) is 1.64. The van der Waals surface area contributed by atoms with Gasteiger partial charge in [-0.3, -0.25) is 0 Å². The first-order valence-corrected chi connectivity index (χ1v) is 8.05. The second kappa shape index (κ2) is 8.24. The molecule has 0 fully saturated rings. The maximum atomic E-state index is 13.7. The number of halogens is 2. The minimum absolute atomic E-state index is 0.144. The number of nitrogens with one attached hydrogen (secondary N) is 2. The summed E-state index contributed by atoms with van der Waals surface area (Å²) in [6, 6.07) is 12.8. The molecule has 0 amide bonds. The van der Waals surface area contributed by atoms with E-state index in [9.17, 15) is 8.78 Å². The molecule has 3 aromatic rings. The van der Waals surface area contributed by atoms with E-state index in [4.69, 9.17) is 4.74 Å². The lowest BCUT2D eigenvalue weighted by Gasteiger charge is -2.11. The number of hydrogen-bond donors (Lipinski definition) is 2. The summed E-state index contributed by atoms with van der Waals surface area (Å²) in [6.45, 7) is 0.641. The van der Waals surface area contributed by atoms with Gasteiger partial charge < -0.3 is 15.4 Å². The van der Waals surface area contributed by atoms with Crippen LogP contribution in [0.5, 0.6) is 5.75 Å². The van der Waals surface area contributed by atoms with Crippen LogP contribution in [0.3, 0.4) is 0 Å². The fourth-order valence-corrected chi connectivity index (χ4v) is 2.49. The van der Waals surface area contributed by atoms with Crippen molar-refractivity contribution in [3.05, 3.63) is 72.1 Å². The smallest absolute Gasteiger partial charge is 0.149 e. The van der Waals surface area contributed by atoms with Gasteiger partial charge in [-0.2, -0.15) is 0 Å². The summed E-state index contributed by atoms with van der Waals surface area (Å²) < 4.78 is 32.0. The van der Waals surface area contributed by atoms with Crippen molar-refractivity contribution >= 4 is 17.3 Å². The molecule has 0 atom stereocenters. The lowest BCUT2D eigenvalue weighted by molar-refractivity contribution is 0.410. The van der Waals surface area contributed by atoms with Crippen LogP contribution >= 0.6 is 0 Å². The van der Waals surface area contributed by atoms with Gasteiger partial charge in [-0.1, -0.05) is 18.2 Å². The molecule has 5 nitrogen and oxygen atoms in total. The quantitative estimate of drug-likeness (QED) is 0.666. The number of anilines is 3. The fourth-order valence-electron chi connectivity index (χ4n) is 2.49. The fraction of sp³-hybridized carbons (Fsp3) is 0.158. The monoisotopic (exact) mass is 356 g/mol. The van der Waals surface area contributed by atoms with Gasteiger partial charge in [-0.15, -0.1) is 0 Å². The minimum Gasteiger partial charge on any atom is -0.496 e. The standard InChI is InChI=1S/C19H18F2N4O/c1-26-17-5-3-2-4-13(17)8-9-22-18-11-19(24-12-23-18)25-16-7-6-14(20)10-15(16)21/h2-7,10-12H,8-9H2,1H3,(H2,22,23,24,25). The van der Waals surface area contributed by atoms with Gasteiger partial charge in [0.25, 0.3) is 0 Å². The van der Waals surface area contributed by atoms with Crippen LogP contribution in [0, 0.1) is 11.6 Å². The molecule has 1 heterocycles. The summed E-state index contributed by atoms with van der Waals surface area (Å²) in [5.74, 6) is 0.528. The Balaban J connectivity index is 1.62. The third kappa shape index (κ3) is 4.44. The van der Waals surface area contributed by atoms with E-state index in [0.717, 1.165) is 23.8 Å². The molecule has 0 saturated carbocycles. The zero-order chi connectivity index (χ0) is 18.4. The molecule has 2 aromatic carbocycles. The van der Waals surface area contributed by atoms with Gasteiger partial charge in [0.2, 0.25) is 0 Å². The molecule has 0 aliphatic heterocycles. The maximum Gasteiger partial charge on any atom is 0.149 e. The van der Waals surface area contributed by atoms with Crippen LogP contribution in [0.15, 0.2) is 54.9 Å². The average molecular weight is 356 g/mol. The number of hydrogen-bond acceptors (Lipinski definition) is 5. The van der Waals surface area contributed by atoms with Crippen molar-refractivity contribution in [2.75, 3.05) is 24.3 Å². The molecule has 0 radical (unpaired) electrons. The molecule has 26 heavy (non-hydrogen) atoms. The number of benzene rings is 2. The molecule has 1 aromatic heterocycles. The Labute approximate surface area is 150 Å². The first-order valence-electron chi connectivity index (χ1n) is 8.05. The van der Waals surface area contributed by atoms with E-state index in [2.05, 4.69) is 20.6 Å². The topological polar surface area (TPSA) is 59.1 Å². The molecule has 0 saturated heterocycles. The van der Waals surface area contributed by atoms with Crippen molar-refractivity contribution in [2.24, 2.45) is 0 Å². The highest BCUT2D eigenvalue weighted by molar-refractivity contribution is 5.59. The number of rotatable bonds is 7. The Morgan fingerprint density at radius 3 is 2.62 bits per heavy atom. The predicted octanol–water partition coefficient (Wildman–Crippen LogP) is 4.16. The van der Waals surface area contributed by atoms with E-state index in [0.29, 0.717) is 18.2 Å². The van der Waals surface area contributed by atoms with Gasteiger partial charge in [0.1, 0.15) is 35.3 Å². The second-order valence-corrected chi connectivity index (χ2v) is 5.53. The number of nitrogens with zero attached hydrogens (tertiary/aromatic N) is 2. The summed E-state index contributed by atoms with van der Waals surface area (Å²) in [4.78, 5) is 8.19. The summed E-state index contributed by atoms with van der Waals surface area (Å²) >= 11 is 0. The number of methoxy groups -OCH3 is 1. The Morgan fingerprint density at radius 2 is 1.81 bits per heavy atom. The Hall–Kier alpha value is -3.22. The number of para-hydroxylation sites is 1. The van der Waals surface area contributed by atoms with E-state index < -0.39 is 11.6 Å². The Bertz CT molecular complexity index is 889. The van der Waals surface area contributed by atoms with E-state index in [1.165, 1.54) is 18.5 Å². The summed E-state index contributed by atoms with van der Waals surface area (Å²) in [5.41, 5.74) is 1.23. The van der Waals surface area contributed by atoms with Crippen LogP contribution < -0.4 is 15.4 Å².